The number of guanidine groups is 1. The molecule has 0 radical (unpaired) electrons. The zero-order valence-corrected chi connectivity index (χ0v) is 17.3. The molecule has 1 unspecified atom stereocenters. The molecule has 8 heteroatoms. The molecule has 26 heavy (non-hydrogen) atoms. The summed E-state index contributed by atoms with van der Waals surface area (Å²) in [6, 6.07) is 0. The number of rotatable bonds is 9. The zero-order valence-electron chi connectivity index (χ0n) is 16.5. The van der Waals surface area contributed by atoms with Gasteiger partial charge >= 0.3 is 0 Å². The number of nitrogens with one attached hydrogen (secondary N) is 1. The van der Waals surface area contributed by atoms with Crippen LogP contribution in [0.5, 0.6) is 0 Å². The van der Waals surface area contributed by atoms with Crippen LogP contribution in [0.1, 0.15) is 32.6 Å². The fraction of sp³-hybridized carbons (Fsp3) is 0.944. The highest BCUT2D eigenvalue weighted by Gasteiger charge is 2.26. The van der Waals surface area contributed by atoms with E-state index in [0.717, 1.165) is 31.5 Å². The third-order valence-corrected chi connectivity index (χ3v) is 5.89. The SMILES string of the molecule is CCNC(=NCCOCCS(C)(=O)=O)N1CCC(CN2CCCCC2)C1. The second kappa shape index (κ2) is 11.1. The molecule has 0 bridgehead atoms. The first kappa shape index (κ1) is 21.4. The highest BCUT2D eigenvalue weighted by Crippen LogP contribution is 2.19. The predicted octanol–water partition coefficient (Wildman–Crippen LogP) is 0.821. The minimum Gasteiger partial charge on any atom is -0.378 e. The number of sulfone groups is 1. The first-order valence-corrected chi connectivity index (χ1v) is 12.0. The van der Waals surface area contributed by atoms with E-state index in [4.69, 9.17) is 4.74 Å². The molecule has 0 saturated carbocycles. The first-order chi connectivity index (χ1) is 12.5. The van der Waals surface area contributed by atoms with Gasteiger partial charge in [-0.05, 0) is 45.2 Å². The molecule has 7 nitrogen and oxygen atoms in total. The minimum absolute atomic E-state index is 0.0705. The minimum atomic E-state index is -2.95. The summed E-state index contributed by atoms with van der Waals surface area (Å²) >= 11 is 0. The summed E-state index contributed by atoms with van der Waals surface area (Å²) in [5, 5.41) is 3.37. The van der Waals surface area contributed by atoms with Crippen molar-refractivity contribution >= 4 is 15.8 Å². The Morgan fingerprint density at radius 1 is 1.19 bits per heavy atom. The Kier molecular flexibility index (Phi) is 9.15. The molecule has 0 aromatic heterocycles. The molecule has 2 rings (SSSR count). The lowest BCUT2D eigenvalue weighted by atomic mass is 10.1. The van der Waals surface area contributed by atoms with Crippen LogP contribution in [-0.4, -0.2) is 95.2 Å². The monoisotopic (exact) mass is 388 g/mol. The van der Waals surface area contributed by atoms with E-state index in [1.165, 1.54) is 51.6 Å². The largest absolute Gasteiger partial charge is 0.378 e. The fourth-order valence-corrected chi connectivity index (χ4v) is 4.06. The number of ether oxygens (including phenoxy) is 1. The second-order valence-corrected chi connectivity index (χ2v) is 9.70. The van der Waals surface area contributed by atoms with Gasteiger partial charge in [-0.3, -0.25) is 4.99 Å². The number of hydrogen-bond donors (Lipinski definition) is 1. The van der Waals surface area contributed by atoms with E-state index in [1.54, 1.807) is 0 Å². The van der Waals surface area contributed by atoms with Gasteiger partial charge in [-0.2, -0.15) is 0 Å². The Balaban J connectivity index is 1.72. The van der Waals surface area contributed by atoms with E-state index < -0.39 is 9.84 Å². The lowest BCUT2D eigenvalue weighted by Gasteiger charge is -2.29. The van der Waals surface area contributed by atoms with Crippen LogP contribution in [0.2, 0.25) is 0 Å². The average Bonchev–Trinajstić information content (AvgIpc) is 3.05. The van der Waals surface area contributed by atoms with Crippen LogP contribution < -0.4 is 5.32 Å². The van der Waals surface area contributed by atoms with Gasteiger partial charge in [-0.1, -0.05) is 6.42 Å². The van der Waals surface area contributed by atoms with E-state index in [0.29, 0.717) is 13.2 Å². The summed E-state index contributed by atoms with van der Waals surface area (Å²) in [5.74, 6) is 1.75. The maximum Gasteiger partial charge on any atom is 0.194 e. The highest BCUT2D eigenvalue weighted by molar-refractivity contribution is 7.90. The van der Waals surface area contributed by atoms with E-state index in [1.807, 2.05) is 0 Å². The Labute approximate surface area is 159 Å². The van der Waals surface area contributed by atoms with Crippen LogP contribution in [0.3, 0.4) is 0 Å². The fourth-order valence-electron chi connectivity index (χ4n) is 3.64. The van der Waals surface area contributed by atoms with Gasteiger partial charge < -0.3 is 19.9 Å². The number of hydrogen-bond acceptors (Lipinski definition) is 5. The molecular formula is C18H36N4O3S. The standard InChI is InChI=1S/C18H36N4O3S/c1-3-19-18(20-8-12-25-13-14-26(2,23)24)22-11-7-17(16-22)15-21-9-5-4-6-10-21/h17H,3-16H2,1-2H3,(H,19,20). The second-order valence-electron chi connectivity index (χ2n) is 7.44. The van der Waals surface area contributed by atoms with Gasteiger partial charge in [0.15, 0.2) is 5.96 Å². The Hall–Kier alpha value is -0.860. The van der Waals surface area contributed by atoms with Gasteiger partial charge in [0.2, 0.25) is 0 Å². The quantitative estimate of drug-likeness (QED) is 0.358. The topological polar surface area (TPSA) is 74.2 Å². The van der Waals surface area contributed by atoms with Crippen molar-refractivity contribution in [3.05, 3.63) is 0 Å². The van der Waals surface area contributed by atoms with Crippen LogP contribution in [0, 0.1) is 5.92 Å². The summed E-state index contributed by atoms with van der Waals surface area (Å²) in [6.45, 7) is 10.0. The highest BCUT2D eigenvalue weighted by atomic mass is 32.2. The zero-order chi connectivity index (χ0) is 18.8. The van der Waals surface area contributed by atoms with Crippen LogP contribution >= 0.6 is 0 Å². The molecule has 0 amide bonds. The van der Waals surface area contributed by atoms with E-state index in [-0.39, 0.29) is 12.4 Å². The summed E-state index contributed by atoms with van der Waals surface area (Å²) in [5.41, 5.74) is 0. The van der Waals surface area contributed by atoms with Crippen molar-refractivity contribution in [3.63, 3.8) is 0 Å². The van der Waals surface area contributed by atoms with Crippen LogP contribution in [0.15, 0.2) is 4.99 Å². The first-order valence-electron chi connectivity index (χ1n) is 9.99. The molecule has 2 fully saturated rings. The molecule has 1 N–H and O–H groups in total. The van der Waals surface area contributed by atoms with Crippen molar-refractivity contribution in [2.24, 2.45) is 10.9 Å². The Morgan fingerprint density at radius 2 is 1.96 bits per heavy atom. The summed E-state index contributed by atoms with van der Waals surface area (Å²) in [7, 11) is -2.95. The van der Waals surface area contributed by atoms with E-state index >= 15 is 0 Å². The van der Waals surface area contributed by atoms with Crippen LogP contribution in [0.4, 0.5) is 0 Å². The molecule has 1 atom stereocenters. The van der Waals surface area contributed by atoms with Gasteiger partial charge in [0.1, 0.15) is 9.84 Å². The number of piperidine rings is 1. The van der Waals surface area contributed by atoms with Crippen molar-refractivity contribution in [2.45, 2.75) is 32.6 Å². The van der Waals surface area contributed by atoms with Gasteiger partial charge in [-0.15, -0.1) is 0 Å². The predicted molar refractivity (Wildman–Crippen MR) is 106 cm³/mol. The van der Waals surface area contributed by atoms with E-state index in [2.05, 4.69) is 27.0 Å². The molecule has 2 aliphatic rings. The third-order valence-electron chi connectivity index (χ3n) is 4.98. The van der Waals surface area contributed by atoms with Crippen molar-refractivity contribution in [1.82, 2.24) is 15.1 Å². The lowest BCUT2D eigenvalue weighted by Crippen LogP contribution is -2.41. The summed E-state index contributed by atoms with van der Waals surface area (Å²) < 4.78 is 27.5. The van der Waals surface area contributed by atoms with Gasteiger partial charge in [-0.25, -0.2) is 8.42 Å². The van der Waals surface area contributed by atoms with Gasteiger partial charge in [0, 0.05) is 32.4 Å². The Bertz CT molecular complexity index is 533. The molecule has 0 spiro atoms. The third kappa shape index (κ3) is 8.22. The van der Waals surface area contributed by atoms with Gasteiger partial charge in [0.05, 0.1) is 25.5 Å². The Morgan fingerprint density at radius 3 is 2.65 bits per heavy atom. The van der Waals surface area contributed by atoms with Crippen molar-refractivity contribution in [2.75, 3.05) is 71.0 Å². The average molecular weight is 389 g/mol. The van der Waals surface area contributed by atoms with Crippen molar-refractivity contribution in [3.8, 4) is 0 Å². The maximum atomic E-state index is 11.1. The maximum absolute atomic E-state index is 11.1. The number of nitrogens with zero attached hydrogens (tertiary/aromatic N) is 3. The van der Waals surface area contributed by atoms with Crippen molar-refractivity contribution < 1.29 is 13.2 Å². The molecule has 2 saturated heterocycles. The number of likely N-dealkylation sites (tertiary alicyclic amines) is 2. The summed E-state index contributed by atoms with van der Waals surface area (Å²) in [4.78, 5) is 9.63. The number of aliphatic imine (C=N–C) groups is 1. The normalized spacial score (nSPS) is 22.8. The van der Waals surface area contributed by atoms with Crippen molar-refractivity contribution in [1.29, 1.82) is 0 Å². The van der Waals surface area contributed by atoms with Crippen LogP contribution in [-0.2, 0) is 14.6 Å². The smallest absolute Gasteiger partial charge is 0.194 e. The van der Waals surface area contributed by atoms with Crippen LogP contribution in [0.25, 0.3) is 0 Å². The molecule has 152 valence electrons. The molecule has 2 aliphatic heterocycles. The molecule has 0 aliphatic carbocycles. The molecule has 0 aromatic rings. The summed E-state index contributed by atoms with van der Waals surface area (Å²) in [6.07, 6.45) is 6.54. The van der Waals surface area contributed by atoms with Gasteiger partial charge in [0.25, 0.3) is 0 Å². The lowest BCUT2D eigenvalue weighted by molar-refractivity contribution is 0.157. The molecule has 0 aromatic carbocycles. The van der Waals surface area contributed by atoms with E-state index in [9.17, 15) is 8.42 Å². The molecular weight excluding hydrogens is 352 g/mol. The molecule has 2 heterocycles.